The zero-order valence-electron chi connectivity index (χ0n) is 9.19. The van der Waals surface area contributed by atoms with Crippen molar-refractivity contribution in [3.05, 3.63) is 60.6 Å². The van der Waals surface area contributed by atoms with Crippen LogP contribution in [0.15, 0.2) is 54.9 Å². The van der Waals surface area contributed by atoms with Gasteiger partial charge in [0.1, 0.15) is 0 Å². The molecule has 0 radical (unpaired) electrons. The first-order chi connectivity index (χ1) is 8.43. The first-order valence-corrected chi connectivity index (χ1v) is 5.45. The van der Waals surface area contributed by atoms with Gasteiger partial charge in [-0.15, -0.1) is 0 Å². The lowest BCUT2D eigenvalue weighted by atomic mass is 10.3. The predicted octanol–water partition coefficient (Wildman–Crippen LogP) is 3.06. The highest BCUT2D eigenvalue weighted by atomic mass is 15.3. The molecule has 3 heteroatoms. The first-order valence-electron chi connectivity index (χ1n) is 5.45. The summed E-state index contributed by atoms with van der Waals surface area (Å²) in [5, 5.41) is 5.45. The lowest BCUT2D eigenvalue weighted by molar-refractivity contribution is 0.968. The molecule has 0 saturated heterocycles. The van der Waals surface area contributed by atoms with E-state index in [-0.39, 0.29) is 0 Å². The lowest BCUT2D eigenvalue weighted by Crippen LogP contribution is -1.87. The molecule has 0 saturated carbocycles. The van der Waals surface area contributed by atoms with Crippen molar-refractivity contribution < 1.29 is 0 Å². The van der Waals surface area contributed by atoms with Crippen molar-refractivity contribution in [2.75, 3.05) is 0 Å². The number of para-hydroxylation sites is 1. The molecule has 2 heterocycles. The van der Waals surface area contributed by atoms with E-state index in [0.717, 1.165) is 16.6 Å². The quantitative estimate of drug-likeness (QED) is 0.665. The maximum Gasteiger partial charge on any atom is 0.0734 e. The van der Waals surface area contributed by atoms with Gasteiger partial charge in [-0.2, -0.15) is 5.10 Å². The molecule has 2 aromatic heterocycles. The summed E-state index contributed by atoms with van der Waals surface area (Å²) in [5.41, 5.74) is 2.02. The minimum Gasteiger partial charge on any atom is -0.257 e. The molecule has 3 rings (SSSR count). The molecule has 0 N–H and O–H groups in total. The Balaban J connectivity index is 1.98. The minimum atomic E-state index is 0.923. The number of hydrogen-bond donors (Lipinski definition) is 0. The number of fused-ring (bicyclic) bond motifs is 1. The van der Waals surface area contributed by atoms with Crippen molar-refractivity contribution in [1.29, 1.82) is 0 Å². The summed E-state index contributed by atoms with van der Waals surface area (Å²) in [6.07, 6.45) is 7.50. The van der Waals surface area contributed by atoms with Gasteiger partial charge in [-0.3, -0.25) is 4.98 Å². The summed E-state index contributed by atoms with van der Waals surface area (Å²) in [6.45, 7) is 0. The first kappa shape index (κ1) is 9.78. The number of pyridine rings is 1. The summed E-state index contributed by atoms with van der Waals surface area (Å²) in [5.74, 6) is 0. The van der Waals surface area contributed by atoms with Gasteiger partial charge in [0.05, 0.1) is 17.4 Å². The van der Waals surface area contributed by atoms with Gasteiger partial charge in [0, 0.05) is 17.8 Å². The number of benzene rings is 1. The maximum absolute atomic E-state index is 4.31. The molecule has 82 valence electrons. The van der Waals surface area contributed by atoms with Gasteiger partial charge in [0.25, 0.3) is 0 Å². The minimum absolute atomic E-state index is 0.923. The van der Waals surface area contributed by atoms with E-state index >= 15 is 0 Å². The number of hydrogen-bond acceptors (Lipinski definition) is 2. The third-order valence-electron chi connectivity index (χ3n) is 2.58. The molecular formula is C14H11N3. The molecular weight excluding hydrogens is 210 g/mol. The maximum atomic E-state index is 4.31. The molecule has 0 unspecified atom stereocenters. The molecule has 0 aliphatic heterocycles. The van der Waals surface area contributed by atoms with Gasteiger partial charge >= 0.3 is 0 Å². The average molecular weight is 221 g/mol. The number of rotatable bonds is 2. The van der Waals surface area contributed by atoms with Crippen LogP contribution in [0, 0.1) is 0 Å². The summed E-state index contributed by atoms with van der Waals surface area (Å²) in [7, 11) is 0. The summed E-state index contributed by atoms with van der Waals surface area (Å²) >= 11 is 0. The van der Waals surface area contributed by atoms with E-state index in [4.69, 9.17) is 0 Å². The predicted molar refractivity (Wildman–Crippen MR) is 69.2 cm³/mol. The fourth-order valence-corrected chi connectivity index (χ4v) is 1.73. The summed E-state index contributed by atoms with van der Waals surface area (Å²) < 4.78 is 1.85. The van der Waals surface area contributed by atoms with Gasteiger partial charge in [-0.05, 0) is 24.3 Å². The third-order valence-corrected chi connectivity index (χ3v) is 2.58. The molecule has 0 amide bonds. The highest BCUT2D eigenvalue weighted by Crippen LogP contribution is 2.13. The van der Waals surface area contributed by atoms with E-state index in [0.29, 0.717) is 0 Å². The highest BCUT2D eigenvalue weighted by Gasteiger charge is 1.97. The molecule has 0 atom stereocenters. The average Bonchev–Trinajstić information content (AvgIpc) is 2.81. The Hall–Kier alpha value is -2.42. The SMILES string of the molecule is C(=C\n1ncc2ccccc21)/c1ccccn1. The topological polar surface area (TPSA) is 30.7 Å². The van der Waals surface area contributed by atoms with Crippen molar-refractivity contribution in [1.82, 2.24) is 14.8 Å². The number of nitrogens with zero attached hydrogens (tertiary/aromatic N) is 3. The van der Waals surface area contributed by atoms with Gasteiger partial charge < -0.3 is 0 Å². The van der Waals surface area contributed by atoms with Crippen molar-refractivity contribution in [2.45, 2.75) is 0 Å². The van der Waals surface area contributed by atoms with Crippen molar-refractivity contribution in [2.24, 2.45) is 0 Å². The van der Waals surface area contributed by atoms with Crippen molar-refractivity contribution in [3.63, 3.8) is 0 Å². The fourth-order valence-electron chi connectivity index (χ4n) is 1.73. The summed E-state index contributed by atoms with van der Waals surface area (Å²) in [6, 6.07) is 13.9. The third kappa shape index (κ3) is 1.95. The van der Waals surface area contributed by atoms with E-state index in [1.165, 1.54) is 0 Å². The summed E-state index contributed by atoms with van der Waals surface area (Å²) in [4.78, 5) is 4.23. The van der Waals surface area contributed by atoms with E-state index in [9.17, 15) is 0 Å². The van der Waals surface area contributed by atoms with Gasteiger partial charge in [-0.25, -0.2) is 4.68 Å². The zero-order chi connectivity index (χ0) is 11.5. The van der Waals surface area contributed by atoms with E-state index in [1.54, 1.807) is 6.20 Å². The second-order valence-corrected chi connectivity index (χ2v) is 3.72. The highest BCUT2D eigenvalue weighted by molar-refractivity contribution is 5.81. The molecule has 0 aliphatic rings. The fraction of sp³-hybridized carbons (Fsp3) is 0. The Morgan fingerprint density at radius 2 is 1.88 bits per heavy atom. The largest absolute Gasteiger partial charge is 0.257 e. The van der Waals surface area contributed by atoms with Crippen LogP contribution in [0.25, 0.3) is 23.2 Å². The van der Waals surface area contributed by atoms with Crippen LogP contribution < -0.4 is 0 Å². The Morgan fingerprint density at radius 1 is 1.00 bits per heavy atom. The van der Waals surface area contributed by atoms with Gasteiger partial charge in [0.2, 0.25) is 0 Å². The van der Waals surface area contributed by atoms with E-state index in [2.05, 4.69) is 10.1 Å². The van der Waals surface area contributed by atoms with Crippen LogP contribution in [0.2, 0.25) is 0 Å². The van der Waals surface area contributed by atoms with Gasteiger partial charge in [-0.1, -0.05) is 24.3 Å². The van der Waals surface area contributed by atoms with Crippen LogP contribution in [0.5, 0.6) is 0 Å². The van der Waals surface area contributed by atoms with Crippen molar-refractivity contribution in [3.8, 4) is 0 Å². The van der Waals surface area contributed by atoms with Crippen LogP contribution in [0.4, 0.5) is 0 Å². The molecule has 0 bridgehead atoms. The Bertz CT molecular complexity index is 653. The molecule has 0 fully saturated rings. The zero-order valence-corrected chi connectivity index (χ0v) is 9.19. The molecule has 17 heavy (non-hydrogen) atoms. The second-order valence-electron chi connectivity index (χ2n) is 3.72. The molecule has 0 spiro atoms. The smallest absolute Gasteiger partial charge is 0.0734 e. The normalized spacial score (nSPS) is 11.3. The molecule has 1 aromatic carbocycles. The molecule has 0 aliphatic carbocycles. The molecule has 3 nitrogen and oxygen atoms in total. The standard InChI is InChI=1S/C14H11N3/c1-2-7-14-12(5-1)11-16-17(14)10-8-13-6-3-4-9-15-13/h1-11H/b10-8+. The van der Waals surface area contributed by atoms with Gasteiger partial charge in [0.15, 0.2) is 0 Å². The Kier molecular flexibility index (Phi) is 2.43. The van der Waals surface area contributed by atoms with Crippen LogP contribution >= 0.6 is 0 Å². The lowest BCUT2D eigenvalue weighted by Gasteiger charge is -1.95. The monoisotopic (exact) mass is 221 g/mol. The van der Waals surface area contributed by atoms with Crippen LogP contribution in [0.1, 0.15) is 5.69 Å². The van der Waals surface area contributed by atoms with Crippen LogP contribution in [0.3, 0.4) is 0 Å². The number of aromatic nitrogens is 3. The van der Waals surface area contributed by atoms with Crippen molar-refractivity contribution >= 4 is 23.2 Å². The van der Waals surface area contributed by atoms with E-state index in [1.807, 2.05) is 65.6 Å². The van der Waals surface area contributed by atoms with Crippen LogP contribution in [-0.2, 0) is 0 Å². The Morgan fingerprint density at radius 3 is 2.76 bits per heavy atom. The molecule has 3 aromatic rings. The van der Waals surface area contributed by atoms with Crippen LogP contribution in [-0.4, -0.2) is 14.8 Å². The Labute approximate surface area is 99.0 Å². The second kappa shape index (κ2) is 4.22. The van der Waals surface area contributed by atoms with E-state index < -0.39 is 0 Å².